The topological polar surface area (TPSA) is 75.3 Å². The number of thioether (sulfide) groups is 1. The van der Waals surface area contributed by atoms with Crippen LogP contribution in [0.3, 0.4) is 0 Å². The van der Waals surface area contributed by atoms with Gasteiger partial charge in [0.25, 0.3) is 0 Å². The van der Waals surface area contributed by atoms with E-state index < -0.39 is 9.84 Å². The number of sulfone groups is 1. The van der Waals surface area contributed by atoms with Crippen LogP contribution in [0.25, 0.3) is 0 Å². The van der Waals surface area contributed by atoms with E-state index in [0.717, 1.165) is 19.5 Å². The minimum absolute atomic E-state index is 0.0479. The fourth-order valence-electron chi connectivity index (χ4n) is 2.91. The summed E-state index contributed by atoms with van der Waals surface area (Å²) in [6, 6.07) is 7.08. The molecule has 2 N–H and O–H groups in total. The van der Waals surface area contributed by atoms with Gasteiger partial charge in [0, 0.05) is 17.5 Å². The summed E-state index contributed by atoms with van der Waals surface area (Å²) in [5.41, 5.74) is 0. The molecule has 0 radical (unpaired) electrons. The van der Waals surface area contributed by atoms with Crippen LogP contribution in [0.2, 0.25) is 0 Å². The highest BCUT2D eigenvalue weighted by atomic mass is 32.2. The maximum atomic E-state index is 12.5. The van der Waals surface area contributed by atoms with E-state index in [-0.39, 0.29) is 23.0 Å². The molecule has 3 atom stereocenters. The Bertz CT molecular complexity index is 691. The monoisotopic (exact) mass is 384 g/mol. The summed E-state index contributed by atoms with van der Waals surface area (Å²) in [6.07, 6.45) is 1.62. The molecule has 3 unspecified atom stereocenters. The summed E-state index contributed by atoms with van der Waals surface area (Å²) in [6.45, 7) is 7.59. The third-order valence-electron chi connectivity index (χ3n) is 4.49. The molecule has 5 nitrogen and oxygen atoms in total. The van der Waals surface area contributed by atoms with E-state index in [4.69, 9.17) is 0 Å². The fraction of sp³-hybridized carbons (Fsp3) is 0.611. The van der Waals surface area contributed by atoms with Crippen LogP contribution in [0.5, 0.6) is 0 Å². The van der Waals surface area contributed by atoms with Crippen molar-refractivity contribution in [3.05, 3.63) is 24.3 Å². The smallest absolute Gasteiger partial charge is 0.233 e. The van der Waals surface area contributed by atoms with Gasteiger partial charge in [-0.15, -0.1) is 11.8 Å². The molecule has 1 heterocycles. The van der Waals surface area contributed by atoms with Gasteiger partial charge in [0.2, 0.25) is 5.91 Å². The number of hydrogen-bond acceptors (Lipinski definition) is 5. The van der Waals surface area contributed by atoms with Gasteiger partial charge in [-0.2, -0.15) is 0 Å². The third kappa shape index (κ3) is 5.46. The molecule has 1 aliphatic heterocycles. The van der Waals surface area contributed by atoms with Gasteiger partial charge in [-0.3, -0.25) is 4.79 Å². The molecule has 140 valence electrons. The molecule has 7 heteroatoms. The molecular weight excluding hydrogens is 356 g/mol. The van der Waals surface area contributed by atoms with Crippen LogP contribution in [0.1, 0.15) is 33.6 Å². The molecule has 1 aliphatic rings. The highest BCUT2D eigenvalue weighted by Gasteiger charge is 2.26. The second-order valence-corrected chi connectivity index (χ2v) is 10.1. The number of benzene rings is 1. The minimum atomic E-state index is -3.31. The normalized spacial score (nSPS) is 22.4. The van der Waals surface area contributed by atoms with Crippen LogP contribution in [-0.2, 0) is 14.6 Å². The molecule has 1 aromatic carbocycles. The lowest BCUT2D eigenvalue weighted by Crippen LogP contribution is -2.51. The Balaban J connectivity index is 2.07. The van der Waals surface area contributed by atoms with Gasteiger partial charge in [0.05, 0.1) is 15.9 Å². The van der Waals surface area contributed by atoms with Crippen LogP contribution in [0.15, 0.2) is 34.1 Å². The lowest BCUT2D eigenvalue weighted by molar-refractivity contribution is -0.121. The zero-order chi connectivity index (χ0) is 18.4. The molecule has 0 saturated carbocycles. The highest BCUT2D eigenvalue weighted by molar-refractivity contribution is 8.01. The molecule has 0 aliphatic carbocycles. The zero-order valence-corrected chi connectivity index (χ0v) is 16.8. The average molecular weight is 385 g/mol. The van der Waals surface area contributed by atoms with Gasteiger partial charge in [0.1, 0.15) is 0 Å². The number of hydrogen-bond donors (Lipinski definition) is 2. The number of piperidine rings is 1. The first kappa shape index (κ1) is 20.3. The first-order valence-electron chi connectivity index (χ1n) is 8.84. The van der Waals surface area contributed by atoms with Crippen molar-refractivity contribution in [2.75, 3.05) is 18.8 Å². The second-order valence-electron chi connectivity index (χ2n) is 6.61. The first-order chi connectivity index (χ1) is 11.8. The maximum Gasteiger partial charge on any atom is 0.233 e. The Morgan fingerprint density at radius 3 is 2.80 bits per heavy atom. The zero-order valence-electron chi connectivity index (χ0n) is 15.1. The molecule has 1 amide bonds. The maximum absolute atomic E-state index is 12.5. The third-order valence-corrected chi connectivity index (χ3v) is 7.76. The molecular formula is C18H28N2O3S2. The van der Waals surface area contributed by atoms with E-state index in [9.17, 15) is 13.2 Å². The largest absolute Gasteiger partial charge is 0.351 e. The summed E-state index contributed by atoms with van der Waals surface area (Å²) in [4.78, 5) is 13.5. The van der Waals surface area contributed by atoms with E-state index in [1.165, 1.54) is 11.8 Å². The van der Waals surface area contributed by atoms with Gasteiger partial charge >= 0.3 is 0 Å². The summed E-state index contributed by atoms with van der Waals surface area (Å²) in [5.74, 6) is 0.518. The van der Waals surface area contributed by atoms with Crippen LogP contribution >= 0.6 is 11.8 Å². The van der Waals surface area contributed by atoms with Crippen molar-refractivity contribution >= 4 is 27.5 Å². The number of nitrogens with one attached hydrogen (secondary N) is 2. The van der Waals surface area contributed by atoms with Gasteiger partial charge in [-0.05, 0) is 44.4 Å². The quantitative estimate of drug-likeness (QED) is 0.707. The standard InChI is InChI=1S/C18H28N2O3S2/c1-4-11-25(22,23)17-8-6-5-7-16(17)24-14(3)18(21)20-15-12-19-10-9-13(15)2/h5-8,13-15,19H,4,9-12H2,1-3H3,(H,20,21). The Morgan fingerprint density at radius 1 is 1.40 bits per heavy atom. The Hall–Kier alpha value is -1.05. The van der Waals surface area contributed by atoms with Crippen LogP contribution in [-0.4, -0.2) is 44.5 Å². The fourth-order valence-corrected chi connectivity index (χ4v) is 5.75. The van der Waals surface area contributed by atoms with Crippen molar-refractivity contribution in [2.45, 2.75) is 54.7 Å². The minimum Gasteiger partial charge on any atom is -0.351 e. The Labute approximate surface area is 155 Å². The average Bonchev–Trinajstić information content (AvgIpc) is 2.57. The number of carbonyl (C=O) groups is 1. The van der Waals surface area contributed by atoms with E-state index >= 15 is 0 Å². The molecule has 0 aromatic heterocycles. The predicted octanol–water partition coefficient (Wildman–Crippen LogP) is 2.47. The molecule has 1 fully saturated rings. The Kier molecular flexibility index (Phi) is 7.34. The van der Waals surface area contributed by atoms with Gasteiger partial charge in [-0.1, -0.05) is 26.0 Å². The summed E-state index contributed by atoms with van der Waals surface area (Å²) < 4.78 is 24.9. The molecule has 1 saturated heterocycles. The molecule has 25 heavy (non-hydrogen) atoms. The molecule has 0 spiro atoms. The van der Waals surface area contributed by atoms with Crippen molar-refractivity contribution in [3.8, 4) is 0 Å². The van der Waals surface area contributed by atoms with Crippen molar-refractivity contribution in [1.82, 2.24) is 10.6 Å². The van der Waals surface area contributed by atoms with Gasteiger partial charge in [0.15, 0.2) is 9.84 Å². The number of carbonyl (C=O) groups excluding carboxylic acids is 1. The van der Waals surface area contributed by atoms with E-state index in [0.29, 0.717) is 22.1 Å². The van der Waals surface area contributed by atoms with E-state index in [1.54, 1.807) is 18.2 Å². The van der Waals surface area contributed by atoms with Gasteiger partial charge in [-0.25, -0.2) is 8.42 Å². The van der Waals surface area contributed by atoms with Crippen LogP contribution < -0.4 is 10.6 Å². The van der Waals surface area contributed by atoms with Crippen LogP contribution in [0.4, 0.5) is 0 Å². The van der Waals surface area contributed by atoms with E-state index in [2.05, 4.69) is 17.6 Å². The summed E-state index contributed by atoms with van der Waals surface area (Å²) in [5, 5.41) is 6.05. The van der Waals surface area contributed by atoms with E-state index in [1.807, 2.05) is 19.9 Å². The summed E-state index contributed by atoms with van der Waals surface area (Å²) >= 11 is 1.31. The van der Waals surface area contributed by atoms with Crippen molar-refractivity contribution in [1.29, 1.82) is 0 Å². The lowest BCUT2D eigenvalue weighted by atomic mass is 9.95. The first-order valence-corrected chi connectivity index (χ1v) is 11.4. The summed E-state index contributed by atoms with van der Waals surface area (Å²) in [7, 11) is -3.31. The van der Waals surface area contributed by atoms with Crippen molar-refractivity contribution in [3.63, 3.8) is 0 Å². The molecule has 2 rings (SSSR count). The van der Waals surface area contributed by atoms with Crippen LogP contribution in [0, 0.1) is 5.92 Å². The lowest BCUT2D eigenvalue weighted by Gasteiger charge is -2.31. The van der Waals surface area contributed by atoms with Gasteiger partial charge < -0.3 is 10.6 Å². The second kappa shape index (κ2) is 9.05. The highest BCUT2D eigenvalue weighted by Crippen LogP contribution is 2.31. The Morgan fingerprint density at radius 2 is 2.12 bits per heavy atom. The van der Waals surface area contributed by atoms with Crippen molar-refractivity contribution in [2.24, 2.45) is 5.92 Å². The number of rotatable bonds is 7. The predicted molar refractivity (Wildman–Crippen MR) is 103 cm³/mol. The molecule has 1 aromatic rings. The number of amides is 1. The molecule has 0 bridgehead atoms. The SMILES string of the molecule is CCCS(=O)(=O)c1ccccc1SC(C)C(=O)NC1CNCCC1C. The van der Waals surface area contributed by atoms with Crippen molar-refractivity contribution < 1.29 is 13.2 Å².